The Morgan fingerprint density at radius 1 is 1.38 bits per heavy atom. The second kappa shape index (κ2) is 7.66. The second-order valence-corrected chi connectivity index (χ2v) is 6.33. The van der Waals surface area contributed by atoms with Crippen LogP contribution >= 0.6 is 11.3 Å². The quantitative estimate of drug-likeness (QED) is 0.758. The normalized spacial score (nSPS) is 15.9. The molecule has 1 aliphatic rings. The number of anilines is 2. The van der Waals surface area contributed by atoms with E-state index in [1.165, 1.54) is 43.7 Å². The molecule has 0 radical (unpaired) electrons. The number of methoxy groups -OCH3 is 1. The van der Waals surface area contributed by atoms with E-state index < -0.39 is 0 Å². The maximum absolute atomic E-state index is 11.9. The van der Waals surface area contributed by atoms with Gasteiger partial charge in [-0.05, 0) is 25.9 Å². The minimum absolute atomic E-state index is 0.0693. The van der Waals surface area contributed by atoms with Crippen molar-refractivity contribution in [2.24, 2.45) is 0 Å². The van der Waals surface area contributed by atoms with E-state index in [0.29, 0.717) is 22.7 Å². The molecule has 0 unspecified atom stereocenters. The number of Topliss-reactive ketones (excluding diaryl/α,β-unsaturated/α-hetero) is 1. The van der Waals surface area contributed by atoms with E-state index in [-0.39, 0.29) is 5.78 Å². The van der Waals surface area contributed by atoms with Gasteiger partial charge < -0.3 is 20.7 Å². The lowest BCUT2D eigenvalue weighted by atomic mass is 10.1. The van der Waals surface area contributed by atoms with Crippen LogP contribution in [0.2, 0.25) is 0 Å². The van der Waals surface area contributed by atoms with Gasteiger partial charge in [0.2, 0.25) is 0 Å². The highest BCUT2D eigenvalue weighted by molar-refractivity contribution is 7.19. The molecule has 0 saturated carbocycles. The van der Waals surface area contributed by atoms with Crippen LogP contribution in [-0.4, -0.2) is 44.0 Å². The first-order chi connectivity index (χ1) is 10.2. The molecule has 1 aromatic heterocycles. The van der Waals surface area contributed by atoms with Crippen molar-refractivity contribution in [3.8, 4) is 5.75 Å². The number of rotatable bonds is 7. The average Bonchev–Trinajstić information content (AvgIpc) is 2.83. The van der Waals surface area contributed by atoms with Crippen molar-refractivity contribution < 1.29 is 9.53 Å². The van der Waals surface area contributed by atoms with Crippen LogP contribution in [0.5, 0.6) is 5.75 Å². The standard InChI is InChI=1S/C15H25N3O2S/c1-3-11(19)14-12(16)13(20-2)15(21-14)17-7-10-18-8-5-4-6-9-18/h17H,3-10,16H2,1-2H3. The number of likely N-dealkylation sites (tertiary alicyclic amines) is 1. The number of piperidine rings is 1. The smallest absolute Gasteiger partial charge is 0.176 e. The number of carbonyl (C=O) groups is 1. The van der Waals surface area contributed by atoms with Gasteiger partial charge in [-0.25, -0.2) is 0 Å². The van der Waals surface area contributed by atoms with E-state index in [4.69, 9.17) is 10.5 Å². The SMILES string of the molecule is CCC(=O)c1sc(NCCN2CCCCC2)c(OC)c1N. The summed E-state index contributed by atoms with van der Waals surface area (Å²) < 4.78 is 5.35. The van der Waals surface area contributed by atoms with Crippen LogP contribution in [0.25, 0.3) is 0 Å². The molecular formula is C15H25N3O2S. The predicted octanol–water partition coefficient (Wildman–Crippen LogP) is 2.83. The third-order valence-electron chi connectivity index (χ3n) is 3.84. The van der Waals surface area contributed by atoms with Crippen molar-refractivity contribution in [2.45, 2.75) is 32.6 Å². The van der Waals surface area contributed by atoms with Crippen LogP contribution in [0.4, 0.5) is 10.7 Å². The summed E-state index contributed by atoms with van der Waals surface area (Å²) in [6.45, 7) is 6.07. The molecule has 118 valence electrons. The van der Waals surface area contributed by atoms with Gasteiger partial charge in [-0.2, -0.15) is 0 Å². The zero-order chi connectivity index (χ0) is 15.2. The third kappa shape index (κ3) is 3.89. The molecule has 5 nitrogen and oxygen atoms in total. The van der Waals surface area contributed by atoms with E-state index in [1.807, 2.05) is 6.92 Å². The van der Waals surface area contributed by atoms with Gasteiger partial charge in [0.15, 0.2) is 11.5 Å². The molecule has 1 aromatic rings. The number of nitrogens with zero attached hydrogens (tertiary/aromatic N) is 1. The number of nitrogen functional groups attached to an aromatic ring is 1. The summed E-state index contributed by atoms with van der Waals surface area (Å²) in [5.74, 6) is 0.676. The number of carbonyl (C=O) groups excluding carboxylic acids is 1. The summed E-state index contributed by atoms with van der Waals surface area (Å²) in [6.07, 6.45) is 4.40. The van der Waals surface area contributed by atoms with Crippen molar-refractivity contribution in [3.05, 3.63) is 4.88 Å². The van der Waals surface area contributed by atoms with E-state index in [1.54, 1.807) is 7.11 Å². The fraction of sp³-hybridized carbons (Fsp3) is 0.667. The number of hydrogen-bond donors (Lipinski definition) is 2. The van der Waals surface area contributed by atoms with Gasteiger partial charge in [0, 0.05) is 19.5 Å². The maximum atomic E-state index is 11.9. The highest BCUT2D eigenvalue weighted by Gasteiger charge is 2.20. The molecule has 0 aliphatic carbocycles. The summed E-state index contributed by atoms with van der Waals surface area (Å²) in [5.41, 5.74) is 6.49. The summed E-state index contributed by atoms with van der Waals surface area (Å²) in [4.78, 5) is 15.0. The monoisotopic (exact) mass is 311 g/mol. The number of ether oxygens (including phenoxy) is 1. The topological polar surface area (TPSA) is 67.6 Å². The molecule has 2 heterocycles. The van der Waals surface area contributed by atoms with Crippen LogP contribution in [0.15, 0.2) is 0 Å². The Morgan fingerprint density at radius 3 is 2.71 bits per heavy atom. The molecule has 0 spiro atoms. The fourth-order valence-corrected chi connectivity index (χ4v) is 3.75. The molecule has 0 aromatic carbocycles. The fourth-order valence-electron chi connectivity index (χ4n) is 2.63. The van der Waals surface area contributed by atoms with E-state index >= 15 is 0 Å². The van der Waals surface area contributed by atoms with Crippen LogP contribution in [-0.2, 0) is 0 Å². The molecule has 6 heteroatoms. The van der Waals surface area contributed by atoms with Crippen molar-refractivity contribution in [1.29, 1.82) is 0 Å². The predicted molar refractivity (Wildman–Crippen MR) is 88.7 cm³/mol. The van der Waals surface area contributed by atoms with Gasteiger partial charge in [0.05, 0.1) is 17.7 Å². The molecule has 0 bridgehead atoms. The first kappa shape index (κ1) is 16.1. The summed E-state index contributed by atoms with van der Waals surface area (Å²) in [6, 6.07) is 0. The van der Waals surface area contributed by atoms with Crippen LogP contribution in [0.3, 0.4) is 0 Å². The Hall–Kier alpha value is -1.27. The van der Waals surface area contributed by atoms with Gasteiger partial charge in [-0.15, -0.1) is 11.3 Å². The van der Waals surface area contributed by atoms with Crippen LogP contribution in [0, 0.1) is 0 Å². The van der Waals surface area contributed by atoms with Gasteiger partial charge >= 0.3 is 0 Å². The van der Waals surface area contributed by atoms with E-state index in [0.717, 1.165) is 18.1 Å². The van der Waals surface area contributed by atoms with Crippen LogP contribution < -0.4 is 15.8 Å². The largest absolute Gasteiger partial charge is 0.492 e. The Kier molecular flexibility index (Phi) is 5.87. The van der Waals surface area contributed by atoms with Crippen molar-refractivity contribution in [3.63, 3.8) is 0 Å². The number of nitrogens with one attached hydrogen (secondary N) is 1. The minimum atomic E-state index is 0.0693. The Labute approximate surface area is 130 Å². The number of hydrogen-bond acceptors (Lipinski definition) is 6. The van der Waals surface area contributed by atoms with Gasteiger partial charge in [0.25, 0.3) is 0 Å². The molecule has 3 N–H and O–H groups in total. The maximum Gasteiger partial charge on any atom is 0.176 e. The average molecular weight is 311 g/mol. The lowest BCUT2D eigenvalue weighted by Crippen LogP contribution is -2.33. The molecule has 0 amide bonds. The minimum Gasteiger partial charge on any atom is -0.492 e. The second-order valence-electron chi connectivity index (χ2n) is 5.31. The molecule has 1 saturated heterocycles. The lowest BCUT2D eigenvalue weighted by Gasteiger charge is -2.26. The van der Waals surface area contributed by atoms with Gasteiger partial charge in [-0.1, -0.05) is 13.3 Å². The third-order valence-corrected chi connectivity index (χ3v) is 5.03. The highest BCUT2D eigenvalue weighted by atomic mass is 32.1. The molecular weight excluding hydrogens is 286 g/mol. The van der Waals surface area contributed by atoms with Crippen molar-refractivity contribution in [1.82, 2.24) is 4.90 Å². The molecule has 1 aliphatic heterocycles. The summed E-state index contributed by atoms with van der Waals surface area (Å²) in [7, 11) is 1.59. The Balaban J connectivity index is 1.97. The Morgan fingerprint density at radius 2 is 2.10 bits per heavy atom. The first-order valence-electron chi connectivity index (χ1n) is 7.63. The summed E-state index contributed by atoms with van der Waals surface area (Å²) >= 11 is 1.40. The van der Waals surface area contributed by atoms with Gasteiger partial charge in [0.1, 0.15) is 5.00 Å². The van der Waals surface area contributed by atoms with E-state index in [9.17, 15) is 4.79 Å². The molecule has 21 heavy (non-hydrogen) atoms. The number of thiophene rings is 1. The van der Waals surface area contributed by atoms with Gasteiger partial charge in [-0.3, -0.25) is 4.79 Å². The first-order valence-corrected chi connectivity index (χ1v) is 8.44. The summed E-state index contributed by atoms with van der Waals surface area (Å²) in [5, 5.41) is 4.24. The molecule has 1 fully saturated rings. The number of nitrogens with two attached hydrogens (primary N) is 1. The highest BCUT2D eigenvalue weighted by Crippen LogP contribution is 2.42. The zero-order valence-electron chi connectivity index (χ0n) is 12.9. The molecule has 2 rings (SSSR count). The van der Waals surface area contributed by atoms with Crippen LogP contribution in [0.1, 0.15) is 42.3 Å². The van der Waals surface area contributed by atoms with E-state index in [2.05, 4.69) is 10.2 Å². The van der Waals surface area contributed by atoms with Crippen molar-refractivity contribution in [2.75, 3.05) is 44.3 Å². The lowest BCUT2D eigenvalue weighted by molar-refractivity contribution is 0.0992. The number of ketones is 1. The Bertz CT molecular complexity index is 482. The zero-order valence-corrected chi connectivity index (χ0v) is 13.7. The van der Waals surface area contributed by atoms with Crippen molar-refractivity contribution >= 4 is 27.8 Å². The molecule has 0 atom stereocenters.